The predicted molar refractivity (Wildman–Crippen MR) is 110 cm³/mol. The molecule has 2 fully saturated rings. The molecule has 2 rings (SSSR count). The van der Waals surface area contributed by atoms with E-state index in [0.29, 0.717) is 12.5 Å². The minimum absolute atomic E-state index is 0. The minimum Gasteiger partial charge on any atom is -0.370 e. The van der Waals surface area contributed by atoms with Crippen LogP contribution in [0.1, 0.15) is 39.0 Å². The molecular weight excluding hydrogens is 401 g/mol. The SMILES string of the molecule is C=C(C)CNC(N)=NCC1(N2CCCCC2)CCN(C)CC1.I. The van der Waals surface area contributed by atoms with Crippen molar-refractivity contribution in [2.75, 3.05) is 46.3 Å². The second-order valence-electron chi connectivity index (χ2n) is 7.09. The molecule has 0 amide bonds. The van der Waals surface area contributed by atoms with E-state index < -0.39 is 0 Å². The maximum atomic E-state index is 6.02. The molecule has 0 saturated carbocycles. The molecular formula is C17H34IN5. The number of nitrogens with zero attached hydrogens (tertiary/aromatic N) is 3. The van der Waals surface area contributed by atoms with Crippen LogP contribution in [0.15, 0.2) is 17.1 Å². The van der Waals surface area contributed by atoms with Crippen molar-refractivity contribution in [3.05, 3.63) is 12.2 Å². The van der Waals surface area contributed by atoms with Gasteiger partial charge in [-0.05, 0) is 65.8 Å². The van der Waals surface area contributed by atoms with Crippen molar-refractivity contribution in [3.8, 4) is 0 Å². The topological polar surface area (TPSA) is 56.9 Å². The van der Waals surface area contributed by atoms with Crippen molar-refractivity contribution >= 4 is 29.9 Å². The van der Waals surface area contributed by atoms with Crippen LogP contribution < -0.4 is 11.1 Å². The molecule has 5 nitrogen and oxygen atoms in total. The summed E-state index contributed by atoms with van der Waals surface area (Å²) in [5, 5.41) is 3.15. The molecule has 2 heterocycles. The maximum absolute atomic E-state index is 6.02. The van der Waals surface area contributed by atoms with Crippen LogP contribution in [0.5, 0.6) is 0 Å². The maximum Gasteiger partial charge on any atom is 0.188 e. The van der Waals surface area contributed by atoms with Crippen LogP contribution in [0.25, 0.3) is 0 Å². The summed E-state index contributed by atoms with van der Waals surface area (Å²) in [6.45, 7) is 12.2. The Morgan fingerprint density at radius 1 is 1.17 bits per heavy atom. The number of hydrogen-bond acceptors (Lipinski definition) is 3. The first kappa shape index (κ1) is 20.7. The Morgan fingerprint density at radius 2 is 1.78 bits per heavy atom. The summed E-state index contributed by atoms with van der Waals surface area (Å²) in [5.41, 5.74) is 7.31. The Kier molecular flexibility index (Phi) is 8.85. The number of likely N-dealkylation sites (tertiary alicyclic amines) is 2. The predicted octanol–water partition coefficient (Wildman–Crippen LogP) is 2.04. The van der Waals surface area contributed by atoms with Crippen molar-refractivity contribution in [1.82, 2.24) is 15.1 Å². The van der Waals surface area contributed by atoms with Crippen LogP contribution in [0.3, 0.4) is 0 Å². The Bertz CT molecular complexity index is 396. The Labute approximate surface area is 158 Å². The van der Waals surface area contributed by atoms with Gasteiger partial charge in [0.15, 0.2) is 5.96 Å². The van der Waals surface area contributed by atoms with Gasteiger partial charge in [0.25, 0.3) is 0 Å². The molecule has 23 heavy (non-hydrogen) atoms. The van der Waals surface area contributed by atoms with E-state index >= 15 is 0 Å². The number of hydrogen-bond donors (Lipinski definition) is 2. The lowest BCUT2D eigenvalue weighted by atomic mass is 9.84. The fourth-order valence-corrected chi connectivity index (χ4v) is 3.51. The van der Waals surface area contributed by atoms with E-state index in [0.717, 1.165) is 25.2 Å². The van der Waals surface area contributed by atoms with Gasteiger partial charge in [0.05, 0.1) is 6.54 Å². The van der Waals surface area contributed by atoms with Gasteiger partial charge >= 0.3 is 0 Å². The average Bonchev–Trinajstić information content (AvgIpc) is 2.53. The first-order valence-corrected chi connectivity index (χ1v) is 8.64. The normalized spacial score (nSPS) is 23.1. The molecule has 0 radical (unpaired) electrons. The van der Waals surface area contributed by atoms with E-state index in [9.17, 15) is 0 Å². The van der Waals surface area contributed by atoms with Gasteiger partial charge in [-0.1, -0.05) is 18.6 Å². The van der Waals surface area contributed by atoms with Crippen molar-refractivity contribution in [3.63, 3.8) is 0 Å². The molecule has 6 heteroatoms. The van der Waals surface area contributed by atoms with Gasteiger partial charge in [-0.15, -0.1) is 24.0 Å². The van der Waals surface area contributed by atoms with Gasteiger partial charge < -0.3 is 16.0 Å². The van der Waals surface area contributed by atoms with E-state index in [1.807, 2.05) is 6.92 Å². The Balaban J connectivity index is 0.00000264. The van der Waals surface area contributed by atoms with Gasteiger partial charge in [-0.2, -0.15) is 0 Å². The second-order valence-corrected chi connectivity index (χ2v) is 7.09. The molecule has 0 spiro atoms. The summed E-state index contributed by atoms with van der Waals surface area (Å²) >= 11 is 0. The third kappa shape index (κ3) is 6.23. The van der Waals surface area contributed by atoms with E-state index in [2.05, 4.69) is 33.7 Å². The fraction of sp³-hybridized carbons (Fsp3) is 0.824. The van der Waals surface area contributed by atoms with Crippen LogP contribution in [-0.4, -0.2) is 67.6 Å². The largest absolute Gasteiger partial charge is 0.370 e. The number of nitrogens with two attached hydrogens (primary N) is 1. The molecule has 0 aromatic rings. The Hall–Kier alpha value is -0.340. The van der Waals surface area contributed by atoms with Crippen molar-refractivity contribution in [1.29, 1.82) is 0 Å². The molecule has 0 unspecified atom stereocenters. The van der Waals surface area contributed by atoms with Crippen molar-refractivity contribution in [2.24, 2.45) is 10.7 Å². The molecule has 0 aromatic carbocycles. The lowest BCUT2D eigenvalue weighted by Gasteiger charge is -2.49. The molecule has 0 bridgehead atoms. The highest BCUT2D eigenvalue weighted by Gasteiger charge is 2.39. The minimum atomic E-state index is 0. The molecule has 0 aliphatic carbocycles. The third-order valence-electron chi connectivity index (χ3n) is 5.06. The van der Waals surface area contributed by atoms with Gasteiger partial charge in [0, 0.05) is 12.1 Å². The van der Waals surface area contributed by atoms with Crippen LogP contribution in [0, 0.1) is 0 Å². The van der Waals surface area contributed by atoms with Crippen molar-refractivity contribution in [2.45, 2.75) is 44.6 Å². The number of guanidine groups is 1. The standard InChI is InChI=1S/C17H33N5.HI/c1-15(2)13-19-16(18)20-14-17(7-11-21(3)12-8-17)22-9-5-4-6-10-22;/h1,4-14H2,2-3H3,(H3,18,19,20);1H. The zero-order valence-corrected chi connectivity index (χ0v) is 17.1. The zero-order chi connectivity index (χ0) is 16.0. The zero-order valence-electron chi connectivity index (χ0n) is 14.8. The highest BCUT2D eigenvalue weighted by Crippen LogP contribution is 2.31. The quantitative estimate of drug-likeness (QED) is 0.300. The smallest absolute Gasteiger partial charge is 0.188 e. The molecule has 3 N–H and O–H groups in total. The monoisotopic (exact) mass is 435 g/mol. The molecule has 0 aromatic heterocycles. The molecule has 2 aliphatic heterocycles. The highest BCUT2D eigenvalue weighted by atomic mass is 127. The van der Waals surface area contributed by atoms with E-state index in [1.54, 1.807) is 0 Å². The van der Waals surface area contributed by atoms with E-state index in [4.69, 9.17) is 5.73 Å². The van der Waals surface area contributed by atoms with Crippen LogP contribution in [0.2, 0.25) is 0 Å². The first-order valence-electron chi connectivity index (χ1n) is 8.64. The Morgan fingerprint density at radius 3 is 2.35 bits per heavy atom. The molecule has 2 saturated heterocycles. The van der Waals surface area contributed by atoms with Crippen molar-refractivity contribution < 1.29 is 0 Å². The summed E-state index contributed by atoms with van der Waals surface area (Å²) in [6, 6.07) is 0. The summed E-state index contributed by atoms with van der Waals surface area (Å²) < 4.78 is 0. The van der Waals surface area contributed by atoms with E-state index in [-0.39, 0.29) is 29.5 Å². The summed E-state index contributed by atoms with van der Waals surface area (Å²) in [7, 11) is 2.21. The second kappa shape index (κ2) is 9.84. The molecule has 134 valence electrons. The van der Waals surface area contributed by atoms with Crippen LogP contribution in [-0.2, 0) is 0 Å². The number of aliphatic imine (C=N–C) groups is 1. The molecule has 0 atom stereocenters. The third-order valence-corrected chi connectivity index (χ3v) is 5.06. The van der Waals surface area contributed by atoms with Gasteiger partial charge in [0.2, 0.25) is 0 Å². The van der Waals surface area contributed by atoms with Crippen LogP contribution in [0.4, 0.5) is 0 Å². The lowest BCUT2D eigenvalue weighted by molar-refractivity contribution is 0.0208. The summed E-state index contributed by atoms with van der Waals surface area (Å²) in [4.78, 5) is 9.79. The summed E-state index contributed by atoms with van der Waals surface area (Å²) in [5.74, 6) is 0.554. The summed E-state index contributed by atoms with van der Waals surface area (Å²) in [6.07, 6.45) is 6.41. The van der Waals surface area contributed by atoms with Gasteiger partial charge in [-0.25, -0.2) is 0 Å². The average molecular weight is 435 g/mol. The highest BCUT2D eigenvalue weighted by molar-refractivity contribution is 14.0. The van der Waals surface area contributed by atoms with Gasteiger partial charge in [-0.3, -0.25) is 9.89 Å². The number of halogens is 1. The van der Waals surface area contributed by atoms with Gasteiger partial charge in [0.1, 0.15) is 0 Å². The number of nitrogens with one attached hydrogen (secondary N) is 1. The first-order chi connectivity index (χ1) is 10.5. The number of rotatable bonds is 5. The fourth-order valence-electron chi connectivity index (χ4n) is 3.51. The number of piperidine rings is 2. The van der Waals surface area contributed by atoms with Crippen LogP contribution >= 0.6 is 24.0 Å². The molecule has 2 aliphatic rings. The lowest BCUT2D eigenvalue weighted by Crippen LogP contribution is -2.58. The van der Waals surface area contributed by atoms with E-state index in [1.165, 1.54) is 45.2 Å².